The lowest BCUT2D eigenvalue weighted by atomic mass is 10.1. The Labute approximate surface area is 223 Å². The molecule has 4 aromatic heterocycles. The summed E-state index contributed by atoms with van der Waals surface area (Å²) >= 11 is 0. The van der Waals surface area contributed by atoms with E-state index in [-0.39, 0.29) is 41.1 Å². The monoisotopic (exact) mass is 586 g/mol. The van der Waals surface area contributed by atoms with Gasteiger partial charge in [0.25, 0.3) is 0 Å². The highest BCUT2D eigenvalue weighted by molar-refractivity contribution is 7.91. The molecule has 0 spiro atoms. The lowest BCUT2D eigenvalue weighted by Gasteiger charge is -2.16. The number of fused-ring (bicyclic) bond motifs is 1. The van der Waals surface area contributed by atoms with E-state index < -0.39 is 49.7 Å². The van der Waals surface area contributed by atoms with Crippen LogP contribution in [0.5, 0.6) is 6.01 Å². The first-order valence-electron chi connectivity index (χ1n) is 11.4. The molecule has 0 saturated heterocycles. The van der Waals surface area contributed by atoms with Crippen molar-refractivity contribution in [3.8, 4) is 17.4 Å². The Hall–Kier alpha value is -4.08. The molecule has 212 valence electrons. The lowest BCUT2D eigenvalue weighted by Crippen LogP contribution is -2.12. The van der Waals surface area contributed by atoms with Crippen LogP contribution >= 0.6 is 0 Å². The van der Waals surface area contributed by atoms with Gasteiger partial charge in [0.15, 0.2) is 15.5 Å². The standard InChI is InChI=1S/C24H20F6N6O3S/c1-12(2)11-39-22-35-20(33-13-6-7-17(32-10-13)24(28,29)30)18-16(40(3,37)38)9-15(34-21(18)36-22)19-14(23(25,26)27)5-4-8-31-19/h4-10,12H,11H2,1-3H3,(H,33,34,35,36). The van der Waals surface area contributed by atoms with E-state index in [1.54, 1.807) is 0 Å². The van der Waals surface area contributed by atoms with Crippen LogP contribution in [0.3, 0.4) is 0 Å². The molecular formula is C24H20F6N6O3S. The Bertz CT molecular complexity index is 1660. The largest absolute Gasteiger partial charge is 0.463 e. The van der Waals surface area contributed by atoms with E-state index in [1.165, 1.54) is 0 Å². The lowest BCUT2D eigenvalue weighted by molar-refractivity contribution is -0.141. The van der Waals surface area contributed by atoms with Crippen LogP contribution in [-0.4, -0.2) is 46.2 Å². The minimum Gasteiger partial charge on any atom is -0.463 e. The summed E-state index contributed by atoms with van der Waals surface area (Å²) in [6.45, 7) is 3.77. The molecule has 0 aliphatic heterocycles. The van der Waals surface area contributed by atoms with Gasteiger partial charge < -0.3 is 10.1 Å². The zero-order valence-electron chi connectivity index (χ0n) is 21.0. The number of nitrogens with zero attached hydrogens (tertiary/aromatic N) is 5. The number of sulfone groups is 1. The Kier molecular flexibility index (Phi) is 7.58. The van der Waals surface area contributed by atoms with Gasteiger partial charge in [-0.1, -0.05) is 13.8 Å². The highest BCUT2D eigenvalue weighted by Crippen LogP contribution is 2.38. The minimum absolute atomic E-state index is 0.00329. The molecule has 0 fully saturated rings. The first-order chi connectivity index (χ1) is 18.5. The summed E-state index contributed by atoms with van der Waals surface area (Å²) in [5, 5.41) is 2.47. The Morgan fingerprint density at radius 3 is 2.27 bits per heavy atom. The summed E-state index contributed by atoms with van der Waals surface area (Å²) in [6.07, 6.45) is -6.75. The molecular weight excluding hydrogens is 566 g/mol. The highest BCUT2D eigenvalue weighted by atomic mass is 32.2. The van der Waals surface area contributed by atoms with Gasteiger partial charge in [0, 0.05) is 12.5 Å². The maximum Gasteiger partial charge on any atom is 0.433 e. The number of ether oxygens (including phenoxy) is 1. The van der Waals surface area contributed by atoms with E-state index in [9.17, 15) is 34.8 Å². The maximum atomic E-state index is 13.7. The molecule has 9 nitrogen and oxygen atoms in total. The average Bonchev–Trinajstić information content (AvgIpc) is 2.85. The predicted molar refractivity (Wildman–Crippen MR) is 132 cm³/mol. The summed E-state index contributed by atoms with van der Waals surface area (Å²) in [7, 11) is -4.16. The molecule has 0 aromatic carbocycles. The van der Waals surface area contributed by atoms with Crippen molar-refractivity contribution in [2.75, 3.05) is 18.2 Å². The fourth-order valence-electron chi connectivity index (χ4n) is 3.50. The maximum absolute atomic E-state index is 13.7. The van der Waals surface area contributed by atoms with Crippen LogP contribution in [0.15, 0.2) is 47.6 Å². The van der Waals surface area contributed by atoms with E-state index in [2.05, 4.69) is 30.2 Å². The van der Waals surface area contributed by atoms with Crippen LogP contribution in [0, 0.1) is 5.92 Å². The van der Waals surface area contributed by atoms with Crippen molar-refractivity contribution in [1.29, 1.82) is 0 Å². The van der Waals surface area contributed by atoms with E-state index in [4.69, 9.17) is 4.74 Å². The number of hydrogen-bond donors (Lipinski definition) is 1. The molecule has 0 unspecified atom stereocenters. The molecule has 1 N–H and O–H groups in total. The molecule has 0 bridgehead atoms. The van der Waals surface area contributed by atoms with Crippen LogP contribution in [0.2, 0.25) is 0 Å². The van der Waals surface area contributed by atoms with Gasteiger partial charge in [0.2, 0.25) is 0 Å². The number of pyridine rings is 3. The molecule has 4 rings (SSSR count). The van der Waals surface area contributed by atoms with Crippen molar-refractivity contribution in [2.45, 2.75) is 31.1 Å². The second-order valence-corrected chi connectivity index (χ2v) is 11.0. The van der Waals surface area contributed by atoms with Gasteiger partial charge in [-0.2, -0.15) is 36.3 Å². The third-order valence-corrected chi connectivity index (χ3v) is 6.35. The Balaban J connectivity index is 1.98. The number of aromatic nitrogens is 5. The fourth-order valence-corrected chi connectivity index (χ4v) is 4.38. The fraction of sp³-hybridized carbons (Fsp3) is 0.292. The molecule has 0 aliphatic rings. The van der Waals surface area contributed by atoms with Crippen molar-refractivity contribution < 1.29 is 39.5 Å². The number of alkyl halides is 6. The van der Waals surface area contributed by atoms with Gasteiger partial charge in [-0.3, -0.25) is 4.98 Å². The molecule has 0 amide bonds. The molecule has 0 atom stereocenters. The van der Waals surface area contributed by atoms with E-state index >= 15 is 0 Å². The topological polar surface area (TPSA) is 120 Å². The number of hydrogen-bond acceptors (Lipinski definition) is 9. The predicted octanol–water partition coefficient (Wildman–Crippen LogP) is 5.70. The van der Waals surface area contributed by atoms with Gasteiger partial charge >= 0.3 is 18.4 Å². The molecule has 4 aromatic rings. The zero-order valence-corrected chi connectivity index (χ0v) is 21.8. The molecule has 0 aliphatic carbocycles. The van der Waals surface area contributed by atoms with Crippen LogP contribution in [0.1, 0.15) is 25.1 Å². The summed E-state index contributed by atoms with van der Waals surface area (Å²) in [5.41, 5.74) is -3.74. The third kappa shape index (κ3) is 6.38. The van der Waals surface area contributed by atoms with Gasteiger partial charge in [0.05, 0.1) is 40.0 Å². The Morgan fingerprint density at radius 1 is 0.975 bits per heavy atom. The molecule has 0 radical (unpaired) electrons. The van der Waals surface area contributed by atoms with Crippen molar-refractivity contribution in [2.24, 2.45) is 5.92 Å². The minimum atomic E-state index is -4.83. The normalized spacial score (nSPS) is 12.7. The van der Waals surface area contributed by atoms with Gasteiger partial charge in [-0.25, -0.2) is 18.4 Å². The summed E-state index contributed by atoms with van der Waals surface area (Å²) < 4.78 is 111. The highest BCUT2D eigenvalue weighted by Gasteiger charge is 2.35. The van der Waals surface area contributed by atoms with Crippen LogP contribution in [-0.2, 0) is 22.2 Å². The quantitative estimate of drug-likeness (QED) is 0.272. The van der Waals surface area contributed by atoms with Gasteiger partial charge in [0.1, 0.15) is 17.2 Å². The number of rotatable bonds is 7. The zero-order chi connectivity index (χ0) is 29.5. The van der Waals surface area contributed by atoms with Gasteiger partial charge in [-0.15, -0.1) is 0 Å². The summed E-state index contributed by atoms with van der Waals surface area (Å²) in [6, 6.07) is 4.20. The SMILES string of the molecule is CC(C)COc1nc(Nc2ccc(C(F)(F)F)nc2)c2c(S(C)(=O)=O)cc(-c3ncccc3C(F)(F)F)nc2n1. The molecule has 16 heteroatoms. The van der Waals surface area contributed by atoms with E-state index in [1.807, 2.05) is 13.8 Å². The molecule has 4 heterocycles. The summed E-state index contributed by atoms with van der Waals surface area (Å²) in [5.74, 6) is -0.231. The summed E-state index contributed by atoms with van der Waals surface area (Å²) in [4.78, 5) is 19.1. The number of halogens is 6. The first-order valence-corrected chi connectivity index (χ1v) is 13.3. The van der Waals surface area contributed by atoms with Crippen molar-refractivity contribution in [3.05, 3.63) is 54.0 Å². The Morgan fingerprint density at radius 2 is 1.70 bits per heavy atom. The van der Waals surface area contributed by atoms with Crippen molar-refractivity contribution in [1.82, 2.24) is 24.9 Å². The van der Waals surface area contributed by atoms with Crippen molar-refractivity contribution >= 4 is 32.4 Å². The number of nitrogens with one attached hydrogen (secondary N) is 1. The van der Waals surface area contributed by atoms with Crippen LogP contribution < -0.4 is 10.1 Å². The molecule has 0 saturated carbocycles. The first kappa shape index (κ1) is 28.9. The number of anilines is 2. The second kappa shape index (κ2) is 10.5. The van der Waals surface area contributed by atoms with Crippen LogP contribution in [0.25, 0.3) is 22.4 Å². The van der Waals surface area contributed by atoms with Crippen molar-refractivity contribution in [3.63, 3.8) is 0 Å². The van der Waals surface area contributed by atoms with E-state index in [0.29, 0.717) is 6.07 Å². The molecule has 40 heavy (non-hydrogen) atoms. The van der Waals surface area contributed by atoms with Crippen LogP contribution in [0.4, 0.5) is 37.8 Å². The second-order valence-electron chi connectivity index (χ2n) is 8.99. The van der Waals surface area contributed by atoms with E-state index in [0.717, 1.165) is 42.9 Å². The van der Waals surface area contributed by atoms with Gasteiger partial charge in [-0.05, 0) is 36.2 Å². The third-order valence-electron chi connectivity index (χ3n) is 5.23. The smallest absolute Gasteiger partial charge is 0.433 e. The average molecular weight is 587 g/mol.